The molecular weight excluding hydrogens is 278 g/mol. The smallest absolute Gasteiger partial charge is 0.245 e. The SMILES string of the molecule is CCC(C(=O)NCc1cc(C)n(C)n1)n1cc(Cl)cn1. The van der Waals surface area contributed by atoms with Gasteiger partial charge in [0.1, 0.15) is 6.04 Å². The fraction of sp³-hybridized carbons (Fsp3) is 0.462. The lowest BCUT2D eigenvalue weighted by Gasteiger charge is -2.14. The second-order valence-corrected chi connectivity index (χ2v) is 5.12. The van der Waals surface area contributed by atoms with Crippen LogP contribution >= 0.6 is 11.6 Å². The van der Waals surface area contributed by atoms with Gasteiger partial charge in [-0.2, -0.15) is 10.2 Å². The Morgan fingerprint density at radius 3 is 2.80 bits per heavy atom. The monoisotopic (exact) mass is 295 g/mol. The van der Waals surface area contributed by atoms with E-state index in [9.17, 15) is 4.79 Å². The van der Waals surface area contributed by atoms with Crippen LogP contribution in [0.3, 0.4) is 0 Å². The highest BCUT2D eigenvalue weighted by atomic mass is 35.5. The van der Waals surface area contributed by atoms with Gasteiger partial charge in [-0.1, -0.05) is 18.5 Å². The topological polar surface area (TPSA) is 64.7 Å². The number of rotatable bonds is 5. The number of carbonyl (C=O) groups excluding carboxylic acids is 1. The zero-order chi connectivity index (χ0) is 14.7. The number of aryl methyl sites for hydroxylation is 2. The Morgan fingerprint density at radius 2 is 2.30 bits per heavy atom. The van der Waals surface area contributed by atoms with Gasteiger partial charge in [-0.25, -0.2) is 0 Å². The van der Waals surface area contributed by atoms with E-state index in [2.05, 4.69) is 15.5 Å². The van der Waals surface area contributed by atoms with Crippen LogP contribution in [0.25, 0.3) is 0 Å². The minimum atomic E-state index is -0.354. The molecule has 2 aromatic heterocycles. The van der Waals surface area contributed by atoms with Crippen molar-refractivity contribution in [2.45, 2.75) is 32.9 Å². The van der Waals surface area contributed by atoms with E-state index in [4.69, 9.17) is 11.6 Å². The highest BCUT2D eigenvalue weighted by Crippen LogP contribution is 2.14. The molecule has 0 saturated carbocycles. The third-order valence-electron chi connectivity index (χ3n) is 3.19. The van der Waals surface area contributed by atoms with Crippen LogP contribution in [0.4, 0.5) is 0 Å². The van der Waals surface area contributed by atoms with Crippen LogP contribution in [0.1, 0.15) is 30.8 Å². The van der Waals surface area contributed by atoms with Crippen LogP contribution in [0.15, 0.2) is 18.5 Å². The molecule has 0 aliphatic carbocycles. The van der Waals surface area contributed by atoms with Crippen LogP contribution in [0, 0.1) is 6.92 Å². The normalized spacial score (nSPS) is 12.4. The van der Waals surface area contributed by atoms with E-state index in [1.165, 1.54) is 6.20 Å². The summed E-state index contributed by atoms with van der Waals surface area (Å²) < 4.78 is 3.37. The van der Waals surface area contributed by atoms with Crippen molar-refractivity contribution in [2.24, 2.45) is 7.05 Å². The number of carbonyl (C=O) groups is 1. The van der Waals surface area contributed by atoms with Crippen LogP contribution in [-0.2, 0) is 18.4 Å². The predicted octanol–water partition coefficient (Wildman–Crippen LogP) is 1.85. The number of nitrogens with zero attached hydrogens (tertiary/aromatic N) is 4. The molecule has 1 amide bonds. The molecule has 6 nitrogen and oxygen atoms in total. The summed E-state index contributed by atoms with van der Waals surface area (Å²) in [5, 5.41) is 11.8. The van der Waals surface area contributed by atoms with Crippen molar-refractivity contribution in [3.63, 3.8) is 0 Å². The largest absolute Gasteiger partial charge is 0.349 e. The van der Waals surface area contributed by atoms with Gasteiger partial charge >= 0.3 is 0 Å². The summed E-state index contributed by atoms with van der Waals surface area (Å²) >= 11 is 5.83. The van der Waals surface area contributed by atoms with E-state index in [1.54, 1.807) is 15.6 Å². The van der Waals surface area contributed by atoms with Crippen LogP contribution in [0.2, 0.25) is 5.02 Å². The molecule has 1 unspecified atom stereocenters. The van der Waals surface area contributed by atoms with Crippen molar-refractivity contribution in [3.8, 4) is 0 Å². The molecule has 0 aliphatic heterocycles. The van der Waals surface area contributed by atoms with Crippen molar-refractivity contribution in [2.75, 3.05) is 0 Å². The standard InChI is InChI=1S/C13H18ClN5O/c1-4-12(19-8-10(14)6-16-19)13(20)15-7-11-5-9(2)18(3)17-11/h5-6,8,12H,4,7H2,1-3H3,(H,15,20). The summed E-state index contributed by atoms with van der Waals surface area (Å²) in [5.74, 6) is -0.0874. The Balaban J connectivity index is 1.99. The molecule has 2 heterocycles. The zero-order valence-corrected chi connectivity index (χ0v) is 12.6. The zero-order valence-electron chi connectivity index (χ0n) is 11.8. The molecule has 0 saturated heterocycles. The molecule has 2 rings (SSSR count). The maximum atomic E-state index is 12.2. The second kappa shape index (κ2) is 6.09. The molecule has 7 heteroatoms. The van der Waals surface area contributed by atoms with Crippen molar-refractivity contribution < 1.29 is 4.79 Å². The first-order chi connectivity index (χ1) is 9.51. The number of hydrogen-bond acceptors (Lipinski definition) is 3. The number of amides is 1. The Bertz CT molecular complexity index is 584. The Kier molecular flexibility index (Phi) is 4.44. The first-order valence-corrected chi connectivity index (χ1v) is 6.86. The van der Waals surface area contributed by atoms with Gasteiger partial charge < -0.3 is 5.32 Å². The summed E-state index contributed by atoms with van der Waals surface area (Å²) in [6.07, 6.45) is 3.82. The molecule has 1 atom stereocenters. The number of halogens is 1. The number of hydrogen-bond donors (Lipinski definition) is 1. The second-order valence-electron chi connectivity index (χ2n) is 4.68. The van der Waals surface area contributed by atoms with E-state index in [0.29, 0.717) is 18.0 Å². The van der Waals surface area contributed by atoms with E-state index < -0.39 is 0 Å². The van der Waals surface area contributed by atoms with Gasteiger partial charge in [-0.15, -0.1) is 0 Å². The van der Waals surface area contributed by atoms with E-state index in [0.717, 1.165) is 11.4 Å². The lowest BCUT2D eigenvalue weighted by atomic mass is 10.2. The summed E-state index contributed by atoms with van der Waals surface area (Å²) in [6.45, 7) is 4.32. The highest BCUT2D eigenvalue weighted by molar-refractivity contribution is 6.30. The Morgan fingerprint density at radius 1 is 1.55 bits per heavy atom. The highest BCUT2D eigenvalue weighted by Gasteiger charge is 2.19. The summed E-state index contributed by atoms with van der Waals surface area (Å²) in [4.78, 5) is 12.2. The van der Waals surface area contributed by atoms with Crippen LogP contribution < -0.4 is 5.32 Å². The lowest BCUT2D eigenvalue weighted by Crippen LogP contribution is -2.32. The molecule has 0 bridgehead atoms. The molecule has 20 heavy (non-hydrogen) atoms. The number of nitrogens with one attached hydrogen (secondary N) is 1. The van der Waals surface area contributed by atoms with Gasteiger partial charge in [0.25, 0.3) is 0 Å². The predicted molar refractivity (Wildman–Crippen MR) is 76.4 cm³/mol. The van der Waals surface area contributed by atoms with Gasteiger partial charge in [0, 0.05) is 18.9 Å². The molecule has 1 N–H and O–H groups in total. The average Bonchev–Trinajstić information content (AvgIpc) is 2.95. The first-order valence-electron chi connectivity index (χ1n) is 6.48. The molecule has 2 aromatic rings. The van der Waals surface area contributed by atoms with Gasteiger partial charge in [-0.3, -0.25) is 14.2 Å². The Labute approximate surface area is 122 Å². The fourth-order valence-electron chi connectivity index (χ4n) is 1.99. The van der Waals surface area contributed by atoms with Crippen molar-refractivity contribution >= 4 is 17.5 Å². The maximum absolute atomic E-state index is 12.2. The van der Waals surface area contributed by atoms with Crippen molar-refractivity contribution in [1.82, 2.24) is 24.9 Å². The summed E-state index contributed by atoms with van der Waals surface area (Å²) in [7, 11) is 1.88. The molecule has 0 fully saturated rings. The summed E-state index contributed by atoms with van der Waals surface area (Å²) in [6, 6.07) is 1.60. The Hall–Kier alpha value is -1.82. The number of aromatic nitrogens is 4. The molecule has 0 radical (unpaired) electrons. The lowest BCUT2D eigenvalue weighted by molar-refractivity contribution is -0.124. The average molecular weight is 296 g/mol. The van der Waals surface area contributed by atoms with Gasteiger partial charge in [-0.05, 0) is 19.4 Å². The van der Waals surface area contributed by atoms with Crippen molar-refractivity contribution in [1.29, 1.82) is 0 Å². The van der Waals surface area contributed by atoms with Gasteiger partial charge in [0.15, 0.2) is 0 Å². The van der Waals surface area contributed by atoms with Crippen LogP contribution in [-0.4, -0.2) is 25.5 Å². The van der Waals surface area contributed by atoms with E-state index in [1.807, 2.05) is 27.0 Å². The molecule has 108 valence electrons. The molecule has 0 aliphatic rings. The van der Waals surface area contributed by atoms with E-state index in [-0.39, 0.29) is 11.9 Å². The molecular formula is C13H18ClN5O. The maximum Gasteiger partial charge on any atom is 0.245 e. The fourth-order valence-corrected chi connectivity index (χ4v) is 2.14. The van der Waals surface area contributed by atoms with Crippen molar-refractivity contribution in [3.05, 3.63) is 34.9 Å². The minimum absolute atomic E-state index is 0.0874. The summed E-state index contributed by atoms with van der Waals surface area (Å²) in [5.41, 5.74) is 1.90. The molecule has 0 spiro atoms. The first kappa shape index (κ1) is 14.6. The van der Waals surface area contributed by atoms with Crippen LogP contribution in [0.5, 0.6) is 0 Å². The van der Waals surface area contributed by atoms with E-state index >= 15 is 0 Å². The quantitative estimate of drug-likeness (QED) is 0.915. The third kappa shape index (κ3) is 3.19. The molecule has 0 aromatic carbocycles. The van der Waals surface area contributed by atoms with Gasteiger partial charge in [0.2, 0.25) is 5.91 Å². The minimum Gasteiger partial charge on any atom is -0.349 e. The van der Waals surface area contributed by atoms with Gasteiger partial charge in [0.05, 0.1) is 23.5 Å². The third-order valence-corrected chi connectivity index (χ3v) is 3.38.